The van der Waals surface area contributed by atoms with E-state index >= 15 is 0 Å². The lowest BCUT2D eigenvalue weighted by atomic mass is 10.1. The summed E-state index contributed by atoms with van der Waals surface area (Å²) in [6.07, 6.45) is -0.886. The predicted molar refractivity (Wildman–Crippen MR) is 84.6 cm³/mol. The lowest BCUT2D eigenvalue weighted by Gasteiger charge is -2.24. The number of esters is 1. The molecule has 6 nitrogen and oxygen atoms in total. The van der Waals surface area contributed by atoms with Crippen LogP contribution in [0.25, 0.3) is 0 Å². The van der Waals surface area contributed by atoms with E-state index in [2.05, 4.69) is 0 Å². The summed E-state index contributed by atoms with van der Waals surface area (Å²) in [7, 11) is 1.54. The van der Waals surface area contributed by atoms with E-state index in [9.17, 15) is 9.59 Å². The Kier molecular flexibility index (Phi) is 4.65. The average molecular weight is 328 g/mol. The molecule has 0 bridgehead atoms. The summed E-state index contributed by atoms with van der Waals surface area (Å²) >= 11 is 0. The van der Waals surface area contributed by atoms with E-state index in [4.69, 9.17) is 18.9 Å². The number of para-hydroxylation sites is 2. The number of carbonyl (C=O) groups is 2. The van der Waals surface area contributed by atoms with E-state index in [0.29, 0.717) is 22.8 Å². The summed E-state index contributed by atoms with van der Waals surface area (Å²) in [4.78, 5) is 24.1. The molecule has 0 fully saturated rings. The smallest absolute Gasteiger partial charge is 0.351 e. The molecule has 2 aromatic rings. The minimum absolute atomic E-state index is 0.0482. The third-order valence-corrected chi connectivity index (χ3v) is 3.53. The van der Waals surface area contributed by atoms with E-state index in [-0.39, 0.29) is 19.0 Å². The first kappa shape index (κ1) is 15.9. The molecule has 0 spiro atoms. The maximum absolute atomic E-state index is 12.0. The van der Waals surface area contributed by atoms with Gasteiger partial charge in [-0.25, -0.2) is 4.79 Å². The van der Waals surface area contributed by atoms with Crippen LogP contribution in [0.3, 0.4) is 0 Å². The molecule has 2 aromatic carbocycles. The molecule has 24 heavy (non-hydrogen) atoms. The zero-order chi connectivity index (χ0) is 16.9. The molecule has 0 N–H and O–H groups in total. The highest BCUT2D eigenvalue weighted by Crippen LogP contribution is 2.31. The molecule has 0 aliphatic carbocycles. The Morgan fingerprint density at radius 1 is 1.08 bits per heavy atom. The highest BCUT2D eigenvalue weighted by molar-refractivity contribution is 5.98. The second-order valence-electron chi connectivity index (χ2n) is 5.12. The zero-order valence-electron chi connectivity index (χ0n) is 13.1. The summed E-state index contributed by atoms with van der Waals surface area (Å²) in [5.74, 6) is 0.771. The van der Waals surface area contributed by atoms with E-state index < -0.39 is 12.1 Å². The molecule has 0 amide bonds. The van der Waals surface area contributed by atoms with Crippen molar-refractivity contribution in [2.75, 3.05) is 20.3 Å². The summed E-state index contributed by atoms with van der Waals surface area (Å²) in [6, 6.07) is 13.6. The Balaban J connectivity index is 1.55. The first-order valence-corrected chi connectivity index (χ1v) is 7.40. The lowest BCUT2D eigenvalue weighted by molar-refractivity contribution is -0.153. The van der Waals surface area contributed by atoms with Gasteiger partial charge in [-0.1, -0.05) is 12.1 Å². The van der Waals surface area contributed by atoms with Crippen molar-refractivity contribution < 1.29 is 28.5 Å². The highest BCUT2D eigenvalue weighted by Gasteiger charge is 2.29. The van der Waals surface area contributed by atoms with E-state index in [1.165, 1.54) is 0 Å². The SMILES string of the molecule is COc1ccc(C(=O)COC(=O)[C@@H]2COc3ccccc3O2)cc1. The molecule has 3 rings (SSSR count). The number of rotatable bonds is 5. The van der Waals surface area contributed by atoms with Crippen LogP contribution in [0.5, 0.6) is 17.2 Å². The number of ether oxygens (including phenoxy) is 4. The quantitative estimate of drug-likeness (QED) is 0.619. The maximum Gasteiger partial charge on any atom is 0.351 e. The van der Waals surface area contributed by atoms with Crippen molar-refractivity contribution in [1.29, 1.82) is 0 Å². The largest absolute Gasteiger partial charge is 0.497 e. The molecular weight excluding hydrogens is 312 g/mol. The van der Waals surface area contributed by atoms with Gasteiger partial charge >= 0.3 is 5.97 Å². The number of methoxy groups -OCH3 is 1. The van der Waals surface area contributed by atoms with Crippen molar-refractivity contribution in [3.63, 3.8) is 0 Å². The van der Waals surface area contributed by atoms with Crippen LogP contribution in [0.2, 0.25) is 0 Å². The van der Waals surface area contributed by atoms with E-state index in [1.807, 2.05) is 6.07 Å². The first-order chi connectivity index (χ1) is 11.7. The fraction of sp³-hybridized carbons (Fsp3) is 0.222. The Labute approximate surface area is 138 Å². The van der Waals surface area contributed by atoms with Crippen molar-refractivity contribution in [2.45, 2.75) is 6.10 Å². The van der Waals surface area contributed by atoms with Crippen LogP contribution in [-0.4, -0.2) is 38.2 Å². The van der Waals surface area contributed by atoms with Crippen LogP contribution >= 0.6 is 0 Å². The van der Waals surface area contributed by atoms with Gasteiger partial charge < -0.3 is 18.9 Å². The van der Waals surface area contributed by atoms with Gasteiger partial charge in [-0.05, 0) is 36.4 Å². The molecule has 1 aliphatic rings. The summed E-state index contributed by atoms with van der Waals surface area (Å²) in [6.45, 7) is -0.306. The molecule has 0 saturated heterocycles. The van der Waals surface area contributed by atoms with Crippen molar-refractivity contribution in [2.24, 2.45) is 0 Å². The van der Waals surface area contributed by atoms with Crippen molar-refractivity contribution in [3.05, 3.63) is 54.1 Å². The van der Waals surface area contributed by atoms with Crippen LogP contribution in [0.15, 0.2) is 48.5 Å². The third kappa shape index (κ3) is 3.48. The van der Waals surface area contributed by atoms with Gasteiger partial charge in [0.25, 0.3) is 0 Å². The van der Waals surface area contributed by atoms with Crippen LogP contribution in [0.1, 0.15) is 10.4 Å². The van der Waals surface area contributed by atoms with Gasteiger partial charge in [-0.2, -0.15) is 0 Å². The average Bonchev–Trinajstić information content (AvgIpc) is 2.65. The van der Waals surface area contributed by atoms with Crippen molar-refractivity contribution in [3.8, 4) is 17.2 Å². The zero-order valence-corrected chi connectivity index (χ0v) is 13.1. The molecule has 0 saturated carbocycles. The Morgan fingerprint density at radius 3 is 2.50 bits per heavy atom. The minimum Gasteiger partial charge on any atom is -0.497 e. The number of Topliss-reactive ketones (excluding diaryl/α,β-unsaturated/α-hetero) is 1. The fourth-order valence-electron chi connectivity index (χ4n) is 2.23. The van der Waals surface area contributed by atoms with E-state index in [1.54, 1.807) is 49.6 Å². The molecule has 1 atom stereocenters. The molecule has 0 unspecified atom stereocenters. The minimum atomic E-state index is -0.886. The van der Waals surface area contributed by atoms with Gasteiger partial charge in [-0.15, -0.1) is 0 Å². The normalized spacial score (nSPS) is 15.5. The van der Waals surface area contributed by atoms with Crippen LogP contribution in [0, 0.1) is 0 Å². The van der Waals surface area contributed by atoms with E-state index in [0.717, 1.165) is 0 Å². The summed E-state index contributed by atoms with van der Waals surface area (Å²) in [5.41, 5.74) is 0.440. The van der Waals surface area contributed by atoms with Crippen LogP contribution in [-0.2, 0) is 9.53 Å². The molecule has 0 aromatic heterocycles. The summed E-state index contributed by atoms with van der Waals surface area (Å²) in [5, 5.41) is 0. The number of hydrogen-bond donors (Lipinski definition) is 0. The van der Waals surface area contributed by atoms with Gasteiger partial charge in [0, 0.05) is 5.56 Å². The third-order valence-electron chi connectivity index (χ3n) is 3.53. The molecular formula is C18H16O6. The second-order valence-corrected chi connectivity index (χ2v) is 5.12. The Morgan fingerprint density at radius 2 is 1.79 bits per heavy atom. The lowest BCUT2D eigenvalue weighted by Crippen LogP contribution is -2.38. The molecule has 1 heterocycles. The van der Waals surface area contributed by atoms with Crippen LogP contribution < -0.4 is 14.2 Å². The Bertz CT molecular complexity index is 737. The van der Waals surface area contributed by atoms with Gasteiger partial charge in [0.2, 0.25) is 6.10 Å². The molecule has 0 radical (unpaired) electrons. The fourth-order valence-corrected chi connectivity index (χ4v) is 2.23. The number of fused-ring (bicyclic) bond motifs is 1. The Hall–Kier alpha value is -3.02. The van der Waals surface area contributed by atoms with Crippen molar-refractivity contribution in [1.82, 2.24) is 0 Å². The van der Waals surface area contributed by atoms with Gasteiger partial charge in [0.1, 0.15) is 12.4 Å². The monoisotopic (exact) mass is 328 g/mol. The summed E-state index contributed by atoms with van der Waals surface area (Å²) < 4.78 is 21.1. The standard InChI is InChI=1S/C18H16O6/c1-21-13-8-6-12(7-9-13)14(19)10-23-18(20)17-11-22-15-4-2-3-5-16(15)24-17/h2-9,17H,10-11H2,1H3/t17-/m0/s1. The first-order valence-electron chi connectivity index (χ1n) is 7.40. The highest BCUT2D eigenvalue weighted by atomic mass is 16.6. The van der Waals surface area contributed by atoms with Gasteiger partial charge in [-0.3, -0.25) is 4.79 Å². The number of benzene rings is 2. The molecule has 1 aliphatic heterocycles. The second kappa shape index (κ2) is 7.04. The number of carbonyl (C=O) groups excluding carboxylic acids is 2. The van der Waals surface area contributed by atoms with Gasteiger partial charge in [0.05, 0.1) is 7.11 Å². The maximum atomic E-state index is 12.0. The molecule has 6 heteroatoms. The van der Waals surface area contributed by atoms with Gasteiger partial charge in [0.15, 0.2) is 23.9 Å². The molecule has 124 valence electrons. The number of hydrogen-bond acceptors (Lipinski definition) is 6. The van der Waals surface area contributed by atoms with Crippen LogP contribution in [0.4, 0.5) is 0 Å². The topological polar surface area (TPSA) is 71.1 Å². The predicted octanol–water partition coefficient (Wildman–Crippen LogP) is 2.26. The number of ketones is 1. The van der Waals surface area contributed by atoms with Crippen molar-refractivity contribution >= 4 is 11.8 Å².